The predicted octanol–water partition coefficient (Wildman–Crippen LogP) is -1.13. The van der Waals surface area contributed by atoms with Crippen molar-refractivity contribution in [1.82, 2.24) is 0 Å². The molecule has 0 aliphatic heterocycles. The van der Waals surface area contributed by atoms with Crippen molar-refractivity contribution in [2.45, 2.75) is 0 Å². The number of hydrogen-bond acceptors (Lipinski definition) is 11. The number of nitriles is 4. The third-order valence-corrected chi connectivity index (χ3v) is 0. The Hall–Kier alpha value is -2.14. The van der Waals surface area contributed by atoms with Crippen LogP contribution in [0.15, 0.2) is 0 Å². The lowest BCUT2D eigenvalue weighted by atomic mass is 11.1. The first-order valence-electron chi connectivity index (χ1n) is 3.89. The second-order valence-corrected chi connectivity index (χ2v) is 2.11. The highest BCUT2D eigenvalue weighted by molar-refractivity contribution is 7.85. The van der Waals surface area contributed by atoms with E-state index in [-0.39, 0.29) is 11.9 Å². The summed E-state index contributed by atoms with van der Waals surface area (Å²) in [6.07, 6.45) is 0. The molecule has 0 saturated heterocycles. The van der Waals surface area contributed by atoms with Gasteiger partial charge in [0.2, 0.25) is 0 Å². The van der Waals surface area contributed by atoms with Crippen molar-refractivity contribution in [3.63, 3.8) is 0 Å². The summed E-state index contributed by atoms with van der Waals surface area (Å²) in [6.45, 7) is 0. The number of thiol groups is 4. The number of nitrogens with one attached hydrogen (secondary N) is 2. The smallest absolute Gasteiger partial charge is 0.183 e. The number of guanidine groups is 2. The Morgan fingerprint density at radius 3 is 0.682 bits per heavy atom. The number of thiocyanates is 4. The Morgan fingerprint density at radius 1 is 0.682 bits per heavy atom. The van der Waals surface area contributed by atoms with Crippen LogP contribution in [0.5, 0.6) is 0 Å². The second-order valence-electron chi connectivity index (χ2n) is 1.31. The first-order valence-corrected chi connectivity index (χ1v) is 5.68. The number of rotatable bonds is 0. The van der Waals surface area contributed by atoms with Gasteiger partial charge in [0.15, 0.2) is 11.9 Å². The summed E-state index contributed by atoms with van der Waals surface area (Å²) in [5.41, 5.74) is 17.9. The minimum Gasteiger partial charge on any atom is -0.400 e. The largest absolute Gasteiger partial charge is 0.400 e. The summed E-state index contributed by atoms with van der Waals surface area (Å²) in [7, 11) is 1.00. The Bertz CT molecular complexity index is 295. The zero-order valence-corrected chi connectivity index (χ0v) is 14.9. The van der Waals surface area contributed by atoms with Crippen LogP contribution in [0.4, 0.5) is 0 Å². The van der Waals surface area contributed by atoms with E-state index in [1.807, 2.05) is 0 Å². The molecule has 11 N–H and O–H groups in total. The number of aliphatic hydroxyl groups is 1. The number of hydrogen-bond donors (Lipinski definition) is 11. The quantitative estimate of drug-likeness (QED) is 0.104. The summed E-state index contributed by atoms with van der Waals surface area (Å²) in [5, 5.41) is 53.6. The lowest BCUT2D eigenvalue weighted by Crippen LogP contribution is -2.20. The normalized spacial score (nSPS) is 3.91. The van der Waals surface area contributed by atoms with Gasteiger partial charge in [-0.15, -0.1) is 0 Å². The number of aliphatic hydroxyl groups excluding tert-OH is 1. The first-order chi connectivity index (χ1) is 10.1. The van der Waals surface area contributed by atoms with E-state index >= 15 is 0 Å². The Morgan fingerprint density at radius 2 is 0.682 bits per heavy atom. The van der Waals surface area contributed by atoms with Crippen LogP contribution in [-0.2, 0) is 0 Å². The summed E-state index contributed by atoms with van der Waals surface area (Å²) >= 11 is 12.4. The highest BCUT2D eigenvalue weighted by Crippen LogP contribution is 1.47. The molecule has 0 fully saturated rings. The molecule has 126 valence electrons. The van der Waals surface area contributed by atoms with Crippen LogP contribution in [0.1, 0.15) is 0 Å². The molecule has 0 spiro atoms. The fourth-order valence-electron chi connectivity index (χ4n) is 0. The van der Waals surface area contributed by atoms with E-state index in [0.29, 0.717) is 0 Å². The Labute approximate surface area is 151 Å². The molecular weight excluding hydrogens is 368 g/mol. The fraction of sp³-hybridized carbons (Fsp3) is 0.143. The van der Waals surface area contributed by atoms with E-state index < -0.39 is 0 Å². The molecule has 11 nitrogen and oxygen atoms in total. The van der Waals surface area contributed by atoms with Crippen LogP contribution in [0.25, 0.3) is 0 Å². The molecule has 0 bridgehead atoms. The molecule has 0 aliphatic rings. The number of nitrogens with zero attached hydrogens (tertiary/aromatic N) is 4. The molecule has 0 aromatic carbocycles. The molecule has 0 aliphatic carbocycles. The average Bonchev–Trinajstić information content (AvgIpc) is 2.33. The van der Waals surface area contributed by atoms with Gasteiger partial charge in [-0.2, -0.15) is 21.0 Å². The van der Waals surface area contributed by atoms with Crippen LogP contribution in [0.2, 0.25) is 0 Å². The summed E-state index contributed by atoms with van der Waals surface area (Å²) < 4.78 is 0. The molecular formula is C7H18N10OS4. The molecule has 0 heterocycles. The van der Waals surface area contributed by atoms with Gasteiger partial charge in [-0.05, 0) is 0 Å². The third kappa shape index (κ3) is 1110. The van der Waals surface area contributed by atoms with E-state index in [9.17, 15) is 0 Å². The standard InChI is InChI=1S/2CH5N3.4CHNS.CH4O/c2*2-1(3)4;4*2-1-3;1-2/h2*(H5,2,3,4);4*3H;2H,1H3. The van der Waals surface area contributed by atoms with Gasteiger partial charge in [0.1, 0.15) is 21.6 Å². The molecule has 0 atom stereocenters. The number of nitrogens with two attached hydrogens (primary N) is 4. The van der Waals surface area contributed by atoms with Gasteiger partial charge in [0.05, 0.1) is 0 Å². The summed E-state index contributed by atoms with van der Waals surface area (Å²) in [6, 6.07) is 0. The highest BCUT2D eigenvalue weighted by Gasteiger charge is 1.52. The molecule has 0 aromatic heterocycles. The minimum absolute atomic E-state index is 0.333. The van der Waals surface area contributed by atoms with Crippen LogP contribution in [0.3, 0.4) is 0 Å². The molecule has 0 radical (unpaired) electrons. The molecule has 22 heavy (non-hydrogen) atoms. The Balaban J connectivity index is -0.0000000241. The van der Waals surface area contributed by atoms with Crippen LogP contribution in [0, 0.1) is 53.5 Å². The van der Waals surface area contributed by atoms with Gasteiger partial charge >= 0.3 is 0 Å². The van der Waals surface area contributed by atoms with E-state index in [0.717, 1.165) is 7.11 Å². The maximum absolute atomic E-state index is 7.18. The van der Waals surface area contributed by atoms with Crippen LogP contribution < -0.4 is 22.9 Å². The van der Waals surface area contributed by atoms with Crippen LogP contribution >= 0.6 is 50.5 Å². The van der Waals surface area contributed by atoms with Gasteiger partial charge in [-0.25, -0.2) is 0 Å². The highest BCUT2D eigenvalue weighted by atomic mass is 32.1. The van der Waals surface area contributed by atoms with E-state index in [1.54, 1.807) is 0 Å². The van der Waals surface area contributed by atoms with Gasteiger partial charge < -0.3 is 28.0 Å². The topological polar surface area (TPSA) is 267 Å². The molecule has 0 amide bonds. The maximum atomic E-state index is 7.18. The van der Waals surface area contributed by atoms with Gasteiger partial charge in [0, 0.05) is 7.11 Å². The second kappa shape index (κ2) is 97.4. The van der Waals surface area contributed by atoms with Crippen molar-refractivity contribution in [1.29, 1.82) is 31.9 Å². The van der Waals surface area contributed by atoms with Crippen LogP contribution in [-0.4, -0.2) is 24.1 Å². The monoisotopic (exact) mass is 386 g/mol. The Kier molecular flexibility index (Phi) is 189. The minimum atomic E-state index is -0.333. The SMILES string of the molecule is CO.N#CS.N#CS.N#CS.N#CS.N=C(N)N.N=C(N)N. The molecule has 0 saturated carbocycles. The zero-order valence-electron chi connectivity index (χ0n) is 11.3. The zero-order chi connectivity index (χ0) is 20.0. The third-order valence-electron chi connectivity index (χ3n) is 0. The molecule has 0 rings (SSSR count). The molecule has 0 aromatic rings. The average molecular weight is 387 g/mol. The van der Waals surface area contributed by atoms with Crippen molar-refractivity contribution >= 4 is 62.4 Å². The van der Waals surface area contributed by atoms with Crippen molar-refractivity contribution in [3.8, 4) is 21.6 Å². The van der Waals surface area contributed by atoms with Crippen molar-refractivity contribution in [3.05, 3.63) is 0 Å². The van der Waals surface area contributed by atoms with Gasteiger partial charge in [-0.3, -0.25) is 10.8 Å². The van der Waals surface area contributed by atoms with Crippen molar-refractivity contribution in [2.75, 3.05) is 7.11 Å². The maximum Gasteiger partial charge on any atom is 0.183 e. The fourth-order valence-corrected chi connectivity index (χ4v) is 0. The van der Waals surface area contributed by atoms with E-state index in [1.165, 1.54) is 21.6 Å². The first kappa shape index (κ1) is 42.7. The molecule has 15 heteroatoms. The predicted molar refractivity (Wildman–Crippen MR) is 98.7 cm³/mol. The van der Waals surface area contributed by atoms with Crippen molar-refractivity contribution in [2.24, 2.45) is 22.9 Å². The summed E-state index contributed by atoms with van der Waals surface area (Å²) in [5.74, 6) is -0.667. The van der Waals surface area contributed by atoms with Gasteiger partial charge in [-0.1, -0.05) is 50.5 Å². The lowest BCUT2D eigenvalue weighted by Gasteiger charge is -1.69. The van der Waals surface area contributed by atoms with E-state index in [2.05, 4.69) is 73.4 Å². The van der Waals surface area contributed by atoms with Crippen molar-refractivity contribution < 1.29 is 5.11 Å². The van der Waals surface area contributed by atoms with Gasteiger partial charge in [0.25, 0.3) is 0 Å². The van der Waals surface area contributed by atoms with E-state index in [4.69, 9.17) is 37.0 Å². The lowest BCUT2D eigenvalue weighted by molar-refractivity contribution is 0.399. The summed E-state index contributed by atoms with van der Waals surface area (Å²) in [4.78, 5) is 0. The molecule has 0 unspecified atom stereocenters.